The molecule has 3 fully saturated rings. The van der Waals surface area contributed by atoms with Crippen LogP contribution in [-0.2, 0) is 9.53 Å². The van der Waals surface area contributed by atoms with E-state index in [0.717, 1.165) is 29.7 Å². The van der Waals surface area contributed by atoms with Crippen LogP contribution in [0, 0.1) is 29.1 Å². The lowest BCUT2D eigenvalue weighted by molar-refractivity contribution is -0.135. The fourth-order valence-electron chi connectivity index (χ4n) is 4.46. The maximum Gasteiger partial charge on any atom is 0.333 e. The van der Waals surface area contributed by atoms with Gasteiger partial charge in [0.15, 0.2) is 0 Å². The van der Waals surface area contributed by atoms with Crippen LogP contribution in [0.4, 0.5) is 0 Å². The number of allylic oxidation sites excluding steroid dienone is 1. The van der Waals surface area contributed by atoms with Crippen LogP contribution in [0.25, 0.3) is 0 Å². The Labute approximate surface area is 103 Å². The summed E-state index contributed by atoms with van der Waals surface area (Å²) in [7, 11) is 0. The lowest BCUT2D eigenvalue weighted by Gasteiger charge is -2.56. The van der Waals surface area contributed by atoms with Crippen molar-refractivity contribution in [3.8, 4) is 0 Å². The second kappa shape index (κ2) is 3.60. The minimum atomic E-state index is -0.0742. The minimum absolute atomic E-state index is 0.0742. The number of hydrogen-bond donors (Lipinski definition) is 0. The molecular formula is C15H22O2. The van der Waals surface area contributed by atoms with Gasteiger partial charge in [-0.3, -0.25) is 0 Å². The molecule has 0 aromatic carbocycles. The first-order valence-corrected chi connectivity index (χ1v) is 6.89. The predicted molar refractivity (Wildman–Crippen MR) is 66.3 cm³/mol. The van der Waals surface area contributed by atoms with Gasteiger partial charge in [0, 0.05) is 12.0 Å². The van der Waals surface area contributed by atoms with Crippen molar-refractivity contribution in [3.05, 3.63) is 11.6 Å². The fraction of sp³-hybridized carbons (Fsp3) is 0.800. The van der Waals surface area contributed by atoms with Crippen molar-refractivity contribution in [2.24, 2.45) is 29.1 Å². The van der Waals surface area contributed by atoms with E-state index in [1.165, 1.54) is 12.8 Å². The van der Waals surface area contributed by atoms with Crippen molar-refractivity contribution in [1.82, 2.24) is 0 Å². The summed E-state index contributed by atoms with van der Waals surface area (Å²) in [5, 5.41) is 0. The molecule has 0 amide bonds. The van der Waals surface area contributed by atoms with Crippen molar-refractivity contribution in [1.29, 1.82) is 0 Å². The SMILES string of the molecule is C[C@H]1CC[C@@H]2[C@H]1[C@@H](/C=C1\CCOC1=O)C2(C)C. The highest BCUT2D eigenvalue weighted by Crippen LogP contribution is 2.65. The number of ether oxygens (including phenoxy) is 1. The van der Waals surface area contributed by atoms with Gasteiger partial charge < -0.3 is 4.74 Å². The molecule has 1 aliphatic heterocycles. The molecule has 0 aromatic heterocycles. The molecule has 3 rings (SSSR count). The third-order valence-electron chi connectivity index (χ3n) is 5.53. The van der Waals surface area contributed by atoms with Gasteiger partial charge in [0.1, 0.15) is 0 Å². The third kappa shape index (κ3) is 1.49. The minimum Gasteiger partial charge on any atom is -0.462 e. The van der Waals surface area contributed by atoms with Gasteiger partial charge >= 0.3 is 5.97 Å². The number of esters is 1. The van der Waals surface area contributed by atoms with Crippen molar-refractivity contribution in [3.63, 3.8) is 0 Å². The van der Waals surface area contributed by atoms with Gasteiger partial charge in [0.2, 0.25) is 0 Å². The van der Waals surface area contributed by atoms with E-state index < -0.39 is 0 Å². The van der Waals surface area contributed by atoms with Gasteiger partial charge in [-0.25, -0.2) is 4.79 Å². The van der Waals surface area contributed by atoms with Gasteiger partial charge in [-0.1, -0.05) is 33.3 Å². The first-order valence-electron chi connectivity index (χ1n) is 6.89. The first-order chi connectivity index (χ1) is 8.01. The normalized spacial score (nSPS) is 45.6. The van der Waals surface area contributed by atoms with E-state index in [1.807, 2.05) is 0 Å². The molecule has 4 atom stereocenters. The highest BCUT2D eigenvalue weighted by atomic mass is 16.5. The fourth-order valence-corrected chi connectivity index (χ4v) is 4.46. The summed E-state index contributed by atoms with van der Waals surface area (Å²) in [6, 6.07) is 0. The van der Waals surface area contributed by atoms with Crippen LogP contribution < -0.4 is 0 Å². The molecule has 2 aliphatic carbocycles. The zero-order chi connectivity index (χ0) is 12.2. The molecule has 2 heteroatoms. The van der Waals surface area contributed by atoms with Crippen molar-refractivity contribution in [2.45, 2.75) is 40.0 Å². The zero-order valence-corrected chi connectivity index (χ0v) is 11.0. The largest absolute Gasteiger partial charge is 0.462 e. The Hall–Kier alpha value is -0.790. The molecular weight excluding hydrogens is 212 g/mol. The number of carbonyl (C=O) groups excluding carboxylic acids is 1. The first kappa shape index (κ1) is 11.3. The number of rotatable bonds is 1. The van der Waals surface area contributed by atoms with Crippen LogP contribution >= 0.6 is 0 Å². The van der Waals surface area contributed by atoms with Crippen LogP contribution in [0.1, 0.15) is 40.0 Å². The Bertz CT molecular complexity index is 380. The average molecular weight is 234 g/mol. The van der Waals surface area contributed by atoms with Gasteiger partial charge in [0.05, 0.1) is 6.61 Å². The smallest absolute Gasteiger partial charge is 0.333 e. The molecule has 1 saturated heterocycles. The maximum atomic E-state index is 11.5. The molecule has 0 aromatic rings. The second-order valence-electron chi connectivity index (χ2n) is 6.66. The predicted octanol–water partition coefficient (Wildman–Crippen LogP) is 3.18. The molecule has 2 nitrogen and oxygen atoms in total. The topological polar surface area (TPSA) is 26.3 Å². The molecule has 0 radical (unpaired) electrons. The van der Waals surface area contributed by atoms with Gasteiger partial charge in [-0.15, -0.1) is 0 Å². The molecule has 0 N–H and O–H groups in total. The number of carbonyl (C=O) groups is 1. The van der Waals surface area contributed by atoms with Crippen molar-refractivity contribution < 1.29 is 9.53 Å². The molecule has 0 unspecified atom stereocenters. The summed E-state index contributed by atoms with van der Waals surface area (Å²) in [4.78, 5) is 11.5. The second-order valence-corrected chi connectivity index (χ2v) is 6.66. The van der Waals surface area contributed by atoms with Crippen LogP contribution in [0.2, 0.25) is 0 Å². The van der Waals surface area contributed by atoms with Crippen molar-refractivity contribution in [2.75, 3.05) is 6.61 Å². The van der Waals surface area contributed by atoms with E-state index in [4.69, 9.17) is 4.74 Å². The van der Waals surface area contributed by atoms with E-state index >= 15 is 0 Å². The number of cyclic esters (lactones) is 1. The van der Waals surface area contributed by atoms with Gasteiger partial charge in [0.25, 0.3) is 0 Å². The van der Waals surface area contributed by atoms with Crippen molar-refractivity contribution >= 4 is 5.97 Å². The summed E-state index contributed by atoms with van der Waals surface area (Å²) < 4.78 is 5.03. The summed E-state index contributed by atoms with van der Waals surface area (Å²) in [6.07, 6.45) is 5.81. The summed E-state index contributed by atoms with van der Waals surface area (Å²) in [5.74, 6) is 3.02. The van der Waals surface area contributed by atoms with Gasteiger partial charge in [-0.05, 0) is 35.5 Å². The quantitative estimate of drug-likeness (QED) is 0.514. The Kier molecular flexibility index (Phi) is 2.39. The van der Waals surface area contributed by atoms with E-state index in [9.17, 15) is 4.79 Å². The zero-order valence-electron chi connectivity index (χ0n) is 11.0. The molecule has 2 saturated carbocycles. The molecule has 0 spiro atoms. The lowest BCUT2D eigenvalue weighted by atomic mass is 9.48. The molecule has 3 aliphatic rings. The highest BCUT2D eigenvalue weighted by molar-refractivity contribution is 5.90. The standard InChI is InChI=1S/C15H22O2/c1-9-4-5-11-13(9)12(15(11,2)3)8-10-6-7-17-14(10)16/h8-9,11-13H,4-7H2,1-3H3/b10-8+/t9-,11+,12+,13-/m0/s1. The molecule has 0 bridgehead atoms. The summed E-state index contributed by atoms with van der Waals surface area (Å²) in [6.45, 7) is 7.70. The van der Waals surface area contributed by atoms with E-state index in [2.05, 4.69) is 26.8 Å². The molecule has 94 valence electrons. The van der Waals surface area contributed by atoms with Crippen LogP contribution in [-0.4, -0.2) is 12.6 Å². The van der Waals surface area contributed by atoms with Crippen LogP contribution in [0.5, 0.6) is 0 Å². The molecule has 17 heavy (non-hydrogen) atoms. The van der Waals surface area contributed by atoms with Gasteiger partial charge in [-0.2, -0.15) is 0 Å². The maximum absolute atomic E-state index is 11.5. The van der Waals surface area contributed by atoms with E-state index in [1.54, 1.807) is 0 Å². The van der Waals surface area contributed by atoms with E-state index in [0.29, 0.717) is 17.9 Å². The Balaban J connectivity index is 1.85. The summed E-state index contributed by atoms with van der Waals surface area (Å²) >= 11 is 0. The summed E-state index contributed by atoms with van der Waals surface area (Å²) in [5.41, 5.74) is 1.31. The van der Waals surface area contributed by atoms with Crippen LogP contribution in [0.15, 0.2) is 11.6 Å². The lowest BCUT2D eigenvalue weighted by Crippen LogP contribution is -2.51. The van der Waals surface area contributed by atoms with E-state index in [-0.39, 0.29) is 5.97 Å². The van der Waals surface area contributed by atoms with Crippen LogP contribution in [0.3, 0.4) is 0 Å². The average Bonchev–Trinajstić information content (AvgIpc) is 2.81. The third-order valence-corrected chi connectivity index (χ3v) is 5.53. The number of hydrogen-bond acceptors (Lipinski definition) is 2. The Morgan fingerprint density at radius 2 is 2.12 bits per heavy atom. The highest BCUT2D eigenvalue weighted by Gasteiger charge is 2.59. The monoisotopic (exact) mass is 234 g/mol. The Morgan fingerprint density at radius 3 is 2.76 bits per heavy atom. The Morgan fingerprint density at radius 1 is 1.35 bits per heavy atom. The molecule has 1 heterocycles. The number of fused-ring (bicyclic) bond motifs is 1.